The minimum Gasteiger partial charge on any atom is -0.452 e. The zero-order valence-corrected chi connectivity index (χ0v) is 18.2. The predicted octanol–water partition coefficient (Wildman–Crippen LogP) is 3.65. The molecule has 32 heavy (non-hydrogen) atoms. The van der Waals surface area contributed by atoms with Gasteiger partial charge in [0.15, 0.2) is 6.61 Å². The lowest BCUT2D eigenvalue weighted by molar-refractivity contribution is -0.125. The minimum atomic E-state index is -0.714. The van der Waals surface area contributed by atoms with Crippen LogP contribution in [0.4, 0.5) is 5.69 Å². The number of ether oxygens (including phenoxy) is 1. The quantitative estimate of drug-likeness (QED) is 0.573. The van der Waals surface area contributed by atoms with Crippen LogP contribution in [0.15, 0.2) is 42.5 Å². The number of aryl methyl sites for hydroxylation is 1. The summed E-state index contributed by atoms with van der Waals surface area (Å²) in [5, 5.41) is 2.94. The molecule has 2 atom stereocenters. The van der Waals surface area contributed by atoms with E-state index in [1.54, 1.807) is 12.1 Å². The maximum absolute atomic E-state index is 12.9. The highest BCUT2D eigenvalue weighted by molar-refractivity contribution is 6.34. The molecule has 166 valence electrons. The Morgan fingerprint density at radius 1 is 1.03 bits per heavy atom. The largest absolute Gasteiger partial charge is 0.452 e. The first-order chi connectivity index (χ1) is 15.4. The smallest absolute Gasteiger partial charge is 0.338 e. The summed E-state index contributed by atoms with van der Waals surface area (Å²) in [6.45, 7) is 3.54. The fourth-order valence-electron chi connectivity index (χ4n) is 4.39. The molecule has 1 aliphatic heterocycles. The lowest BCUT2D eigenvalue weighted by Gasteiger charge is -2.29. The number of hydrogen-bond acceptors (Lipinski definition) is 5. The van der Waals surface area contributed by atoms with Crippen LogP contribution in [0.25, 0.3) is 0 Å². The Bertz CT molecular complexity index is 1090. The highest BCUT2D eigenvalue weighted by atomic mass is 16.5. The average Bonchev–Trinajstić information content (AvgIpc) is 3.03. The van der Waals surface area contributed by atoms with Crippen LogP contribution in [0.3, 0.4) is 0 Å². The Labute approximate surface area is 186 Å². The number of esters is 1. The predicted molar refractivity (Wildman–Crippen MR) is 119 cm³/mol. The maximum atomic E-state index is 12.9. The fraction of sp³-hybridized carbons (Fsp3) is 0.360. The first-order valence-corrected chi connectivity index (χ1v) is 10.9. The van der Waals surface area contributed by atoms with Crippen molar-refractivity contribution in [3.05, 3.63) is 64.7 Å². The van der Waals surface area contributed by atoms with E-state index in [0.717, 1.165) is 29.7 Å². The molecule has 2 aliphatic rings. The third-order valence-electron chi connectivity index (χ3n) is 6.27. The van der Waals surface area contributed by atoms with Crippen LogP contribution in [-0.2, 0) is 9.53 Å². The zero-order valence-electron chi connectivity index (χ0n) is 18.2. The molecule has 1 aliphatic carbocycles. The van der Waals surface area contributed by atoms with Crippen LogP contribution in [0.2, 0.25) is 0 Å². The molecule has 7 heteroatoms. The van der Waals surface area contributed by atoms with Gasteiger partial charge in [0.25, 0.3) is 17.7 Å². The molecule has 2 aromatic carbocycles. The van der Waals surface area contributed by atoms with Crippen LogP contribution in [0, 0.1) is 12.8 Å². The first kappa shape index (κ1) is 21.7. The van der Waals surface area contributed by atoms with Gasteiger partial charge < -0.3 is 10.1 Å². The van der Waals surface area contributed by atoms with Gasteiger partial charge in [0.05, 0.1) is 22.4 Å². The number of imide groups is 1. The van der Waals surface area contributed by atoms with E-state index in [4.69, 9.17) is 4.74 Å². The van der Waals surface area contributed by atoms with Crippen molar-refractivity contribution in [1.82, 2.24) is 5.32 Å². The molecule has 1 fully saturated rings. The number of para-hydroxylation sites is 1. The van der Waals surface area contributed by atoms with Gasteiger partial charge in [0.2, 0.25) is 0 Å². The minimum absolute atomic E-state index is 0.103. The molecule has 2 aromatic rings. The van der Waals surface area contributed by atoms with Crippen LogP contribution in [-0.4, -0.2) is 36.3 Å². The molecular formula is C25H26N2O5. The van der Waals surface area contributed by atoms with E-state index in [2.05, 4.69) is 12.2 Å². The normalized spacial score (nSPS) is 20.1. The number of carbonyl (C=O) groups is 4. The van der Waals surface area contributed by atoms with Gasteiger partial charge in [-0.25, -0.2) is 9.69 Å². The summed E-state index contributed by atoms with van der Waals surface area (Å²) in [5.41, 5.74) is 1.80. The SMILES string of the molecule is Cc1ccccc1N1C(=O)c2ccc(C(=O)OCC(=O)N[C@H]3CCCC[C@@H]3C)cc2C1=O. The number of rotatable bonds is 5. The third-order valence-corrected chi connectivity index (χ3v) is 6.27. The maximum Gasteiger partial charge on any atom is 0.338 e. The second-order valence-electron chi connectivity index (χ2n) is 8.50. The van der Waals surface area contributed by atoms with E-state index < -0.39 is 17.8 Å². The number of benzene rings is 2. The van der Waals surface area contributed by atoms with E-state index >= 15 is 0 Å². The fourth-order valence-corrected chi connectivity index (χ4v) is 4.39. The van der Waals surface area contributed by atoms with Gasteiger partial charge in [-0.2, -0.15) is 0 Å². The molecule has 0 saturated heterocycles. The lowest BCUT2D eigenvalue weighted by atomic mass is 9.86. The number of nitrogens with zero attached hydrogens (tertiary/aromatic N) is 1. The van der Waals surface area contributed by atoms with Crippen LogP contribution in [0.5, 0.6) is 0 Å². The molecule has 1 saturated carbocycles. The van der Waals surface area contributed by atoms with Crippen molar-refractivity contribution in [3.8, 4) is 0 Å². The molecule has 0 radical (unpaired) electrons. The highest BCUT2D eigenvalue weighted by Gasteiger charge is 2.37. The summed E-state index contributed by atoms with van der Waals surface area (Å²) in [4.78, 5) is 51.6. The van der Waals surface area contributed by atoms with E-state index in [9.17, 15) is 19.2 Å². The molecule has 0 spiro atoms. The van der Waals surface area contributed by atoms with Crippen molar-refractivity contribution in [3.63, 3.8) is 0 Å². The van der Waals surface area contributed by atoms with Crippen molar-refractivity contribution in [1.29, 1.82) is 0 Å². The lowest BCUT2D eigenvalue weighted by Crippen LogP contribution is -2.42. The first-order valence-electron chi connectivity index (χ1n) is 10.9. The van der Waals surface area contributed by atoms with Crippen LogP contribution >= 0.6 is 0 Å². The van der Waals surface area contributed by atoms with Crippen molar-refractivity contribution in [2.45, 2.75) is 45.6 Å². The summed E-state index contributed by atoms with van der Waals surface area (Å²) in [7, 11) is 0. The molecule has 1 heterocycles. The topological polar surface area (TPSA) is 92.8 Å². The molecule has 0 unspecified atom stereocenters. The standard InChI is InChI=1S/C25H26N2O5/c1-15-7-3-5-9-20(15)26-22(28)14-32-25(31)17-11-12-18-19(13-17)24(30)27(23(18)29)21-10-6-4-8-16(21)2/h4,6,8,10-13,15,20H,3,5,7,9,14H2,1-2H3,(H,26,28)/t15-,20-/m0/s1. The summed E-state index contributed by atoms with van der Waals surface area (Å²) < 4.78 is 5.16. The molecule has 1 N–H and O–H groups in total. The van der Waals surface area contributed by atoms with Crippen molar-refractivity contribution in [2.24, 2.45) is 5.92 Å². The van der Waals surface area contributed by atoms with Gasteiger partial charge in [-0.05, 0) is 55.5 Å². The van der Waals surface area contributed by atoms with Crippen molar-refractivity contribution < 1.29 is 23.9 Å². The van der Waals surface area contributed by atoms with E-state index in [1.165, 1.54) is 24.6 Å². The number of anilines is 1. The molecule has 0 bridgehead atoms. The highest BCUT2D eigenvalue weighted by Crippen LogP contribution is 2.31. The molecule has 4 rings (SSSR count). The second-order valence-corrected chi connectivity index (χ2v) is 8.50. The number of carbonyl (C=O) groups excluding carboxylic acids is 4. The van der Waals surface area contributed by atoms with Gasteiger partial charge in [-0.3, -0.25) is 14.4 Å². The molecular weight excluding hydrogens is 408 g/mol. The Morgan fingerprint density at radius 2 is 1.75 bits per heavy atom. The van der Waals surface area contributed by atoms with Gasteiger partial charge in [-0.1, -0.05) is 38.0 Å². The monoisotopic (exact) mass is 434 g/mol. The molecule has 0 aromatic heterocycles. The van der Waals surface area contributed by atoms with E-state index in [-0.39, 0.29) is 35.2 Å². The second kappa shape index (κ2) is 8.94. The molecule has 7 nitrogen and oxygen atoms in total. The van der Waals surface area contributed by atoms with Crippen LogP contribution < -0.4 is 10.2 Å². The Balaban J connectivity index is 1.43. The zero-order chi connectivity index (χ0) is 22.8. The summed E-state index contributed by atoms with van der Waals surface area (Å²) >= 11 is 0. The van der Waals surface area contributed by atoms with Crippen molar-refractivity contribution >= 4 is 29.4 Å². The number of hydrogen-bond donors (Lipinski definition) is 1. The Morgan fingerprint density at radius 3 is 2.50 bits per heavy atom. The third kappa shape index (κ3) is 4.15. The van der Waals surface area contributed by atoms with E-state index in [0.29, 0.717) is 11.6 Å². The van der Waals surface area contributed by atoms with Gasteiger partial charge in [0, 0.05) is 6.04 Å². The molecule has 3 amide bonds. The number of amides is 3. The van der Waals surface area contributed by atoms with Crippen LogP contribution in [0.1, 0.15) is 69.2 Å². The summed E-state index contributed by atoms with van der Waals surface area (Å²) in [6.07, 6.45) is 4.26. The number of fused-ring (bicyclic) bond motifs is 1. The van der Waals surface area contributed by atoms with Gasteiger partial charge >= 0.3 is 5.97 Å². The van der Waals surface area contributed by atoms with Crippen molar-refractivity contribution in [2.75, 3.05) is 11.5 Å². The summed E-state index contributed by atoms with van der Waals surface area (Å²) in [6, 6.07) is 11.5. The van der Waals surface area contributed by atoms with E-state index in [1.807, 2.05) is 19.1 Å². The Kier molecular flexibility index (Phi) is 6.08. The Hall–Kier alpha value is -3.48. The summed E-state index contributed by atoms with van der Waals surface area (Å²) in [5.74, 6) is -1.57. The number of nitrogens with one attached hydrogen (secondary N) is 1. The van der Waals surface area contributed by atoms with Gasteiger partial charge in [0.1, 0.15) is 0 Å². The van der Waals surface area contributed by atoms with Gasteiger partial charge in [-0.15, -0.1) is 0 Å². The average molecular weight is 434 g/mol.